The molecule has 1 aromatic carbocycles. The van der Waals surface area contributed by atoms with Crippen molar-refractivity contribution in [1.29, 1.82) is 0 Å². The molecule has 0 aliphatic heterocycles. The summed E-state index contributed by atoms with van der Waals surface area (Å²) in [6.45, 7) is 0. The van der Waals surface area contributed by atoms with Crippen LogP contribution in [-0.4, -0.2) is 21.0 Å². The fourth-order valence-electron chi connectivity index (χ4n) is 1.22. The predicted molar refractivity (Wildman–Crippen MR) is 49.7 cm³/mol. The smallest absolute Gasteiger partial charge is 0.250 e. The third-order valence-corrected chi connectivity index (χ3v) is 1.83. The molecule has 70 valence electrons. The zero-order valence-electron chi connectivity index (χ0n) is 7.14. The molecule has 0 aliphatic carbocycles. The first-order valence-corrected chi connectivity index (χ1v) is 3.93. The summed E-state index contributed by atoms with van der Waals surface area (Å²) >= 11 is 0. The van der Waals surface area contributed by atoms with E-state index >= 15 is 0 Å². The van der Waals surface area contributed by atoms with Crippen molar-refractivity contribution >= 4 is 16.9 Å². The molecule has 0 aliphatic rings. The summed E-state index contributed by atoms with van der Waals surface area (Å²) in [5.41, 5.74) is 6.24. The number of carbonyl (C=O) groups is 1. The number of aromatic nitrogens is 2. The van der Waals surface area contributed by atoms with Crippen molar-refractivity contribution in [3.8, 4) is 5.88 Å². The highest BCUT2D eigenvalue weighted by atomic mass is 16.3. The fraction of sp³-hybridized carbons (Fsp3) is 0. The molecule has 1 amide bonds. The summed E-state index contributed by atoms with van der Waals surface area (Å²) in [4.78, 5) is 18.7. The van der Waals surface area contributed by atoms with Gasteiger partial charge in [-0.05, 0) is 12.1 Å². The van der Waals surface area contributed by atoms with E-state index in [0.717, 1.165) is 0 Å². The van der Waals surface area contributed by atoms with Crippen LogP contribution < -0.4 is 5.73 Å². The Kier molecular flexibility index (Phi) is 1.78. The third kappa shape index (κ3) is 1.24. The highest BCUT2D eigenvalue weighted by Crippen LogP contribution is 2.16. The number of aromatic hydroxyl groups is 1. The quantitative estimate of drug-likeness (QED) is 0.680. The van der Waals surface area contributed by atoms with Gasteiger partial charge in [-0.3, -0.25) is 4.79 Å². The molecule has 0 fully saturated rings. The predicted octanol–water partition coefficient (Wildman–Crippen LogP) is 0.434. The fourth-order valence-corrected chi connectivity index (χ4v) is 1.22. The van der Waals surface area contributed by atoms with Crippen molar-refractivity contribution in [3.05, 3.63) is 30.0 Å². The van der Waals surface area contributed by atoms with Crippen molar-refractivity contribution < 1.29 is 9.90 Å². The molecule has 0 unspecified atom stereocenters. The normalized spacial score (nSPS) is 10.3. The Balaban J connectivity index is 2.84. The number of rotatable bonds is 1. The molecule has 0 atom stereocenters. The average Bonchev–Trinajstić information content (AvgIpc) is 2.16. The van der Waals surface area contributed by atoms with Crippen molar-refractivity contribution in [3.63, 3.8) is 0 Å². The molecule has 0 spiro atoms. The number of primary amides is 1. The lowest BCUT2D eigenvalue weighted by Gasteiger charge is -2.00. The Labute approximate surface area is 79.2 Å². The Bertz CT molecular complexity index is 510. The molecule has 2 aromatic rings. The maximum absolute atomic E-state index is 11.0. The van der Waals surface area contributed by atoms with Gasteiger partial charge in [0.2, 0.25) is 5.88 Å². The second-order valence-electron chi connectivity index (χ2n) is 2.77. The van der Waals surface area contributed by atoms with Gasteiger partial charge in [0, 0.05) is 0 Å². The van der Waals surface area contributed by atoms with E-state index in [0.29, 0.717) is 11.0 Å². The number of benzene rings is 1. The van der Waals surface area contributed by atoms with Crippen molar-refractivity contribution in [2.75, 3.05) is 0 Å². The van der Waals surface area contributed by atoms with Gasteiger partial charge in [-0.1, -0.05) is 6.07 Å². The molecule has 1 heterocycles. The summed E-state index contributed by atoms with van der Waals surface area (Å²) < 4.78 is 0. The summed E-state index contributed by atoms with van der Waals surface area (Å²) in [7, 11) is 0. The lowest BCUT2D eigenvalue weighted by molar-refractivity contribution is 0.100. The highest BCUT2D eigenvalue weighted by molar-refractivity contribution is 6.03. The maximum atomic E-state index is 11.0. The standard InChI is InChI=1S/C9H7N3O2/c10-9(14)5-2-1-3-6-8(5)12-7(13)4-11-6/h1-4H,(H2,10,14)(H,12,13). The summed E-state index contributed by atoms with van der Waals surface area (Å²) in [6, 6.07) is 4.89. The van der Waals surface area contributed by atoms with Crippen LogP contribution in [-0.2, 0) is 0 Å². The number of amides is 1. The molecule has 0 bridgehead atoms. The zero-order valence-corrected chi connectivity index (χ0v) is 7.14. The van der Waals surface area contributed by atoms with Crippen LogP contribution >= 0.6 is 0 Å². The first kappa shape index (κ1) is 8.43. The number of nitrogens with two attached hydrogens (primary N) is 1. The van der Waals surface area contributed by atoms with Crippen LogP contribution in [0.25, 0.3) is 11.0 Å². The number of nitrogens with zero attached hydrogens (tertiary/aromatic N) is 2. The topological polar surface area (TPSA) is 89.1 Å². The van der Waals surface area contributed by atoms with Crippen LogP contribution in [0, 0.1) is 0 Å². The van der Waals surface area contributed by atoms with E-state index in [-0.39, 0.29) is 11.4 Å². The lowest BCUT2D eigenvalue weighted by Crippen LogP contribution is -2.11. The molecular weight excluding hydrogens is 182 g/mol. The summed E-state index contributed by atoms with van der Waals surface area (Å²) in [5, 5.41) is 9.11. The third-order valence-electron chi connectivity index (χ3n) is 1.83. The van der Waals surface area contributed by atoms with Crippen LogP contribution in [0.5, 0.6) is 5.88 Å². The van der Waals surface area contributed by atoms with E-state index in [9.17, 15) is 4.79 Å². The number of carbonyl (C=O) groups excluding carboxylic acids is 1. The molecule has 0 saturated heterocycles. The first-order valence-electron chi connectivity index (χ1n) is 3.93. The number of hydrogen-bond acceptors (Lipinski definition) is 4. The largest absolute Gasteiger partial charge is 0.492 e. The molecule has 1 aromatic heterocycles. The molecule has 3 N–H and O–H groups in total. The van der Waals surface area contributed by atoms with Crippen LogP contribution in [0.15, 0.2) is 24.4 Å². The Morgan fingerprint density at radius 2 is 2.21 bits per heavy atom. The molecule has 5 heteroatoms. The second kappa shape index (κ2) is 2.95. The van der Waals surface area contributed by atoms with E-state index in [1.165, 1.54) is 6.20 Å². The van der Waals surface area contributed by atoms with E-state index < -0.39 is 5.91 Å². The number of hydrogen-bond donors (Lipinski definition) is 2. The average molecular weight is 189 g/mol. The molecule has 0 saturated carbocycles. The molecular formula is C9H7N3O2. The first-order chi connectivity index (χ1) is 6.68. The van der Waals surface area contributed by atoms with Crippen LogP contribution in [0.1, 0.15) is 10.4 Å². The van der Waals surface area contributed by atoms with Crippen LogP contribution in [0.3, 0.4) is 0 Å². The Hall–Kier alpha value is -2.17. The molecule has 14 heavy (non-hydrogen) atoms. The van der Waals surface area contributed by atoms with E-state index in [4.69, 9.17) is 10.8 Å². The zero-order chi connectivity index (χ0) is 10.1. The Morgan fingerprint density at radius 3 is 2.93 bits per heavy atom. The van der Waals surface area contributed by atoms with Gasteiger partial charge in [-0.25, -0.2) is 9.97 Å². The minimum absolute atomic E-state index is 0.230. The van der Waals surface area contributed by atoms with Gasteiger partial charge in [0.15, 0.2) is 0 Å². The van der Waals surface area contributed by atoms with Gasteiger partial charge in [0.05, 0.1) is 17.3 Å². The van der Waals surface area contributed by atoms with Crippen LogP contribution in [0.2, 0.25) is 0 Å². The lowest BCUT2D eigenvalue weighted by atomic mass is 10.1. The van der Waals surface area contributed by atoms with Crippen molar-refractivity contribution in [2.24, 2.45) is 5.73 Å². The van der Waals surface area contributed by atoms with E-state index in [2.05, 4.69) is 9.97 Å². The monoisotopic (exact) mass is 189 g/mol. The van der Waals surface area contributed by atoms with E-state index in [1.54, 1.807) is 18.2 Å². The number of fused-ring (bicyclic) bond motifs is 1. The molecule has 0 radical (unpaired) electrons. The molecule has 2 rings (SSSR count). The minimum atomic E-state index is -0.587. The van der Waals surface area contributed by atoms with Crippen molar-refractivity contribution in [1.82, 2.24) is 9.97 Å². The Morgan fingerprint density at radius 1 is 1.43 bits per heavy atom. The van der Waals surface area contributed by atoms with Gasteiger partial charge in [0.1, 0.15) is 5.52 Å². The highest BCUT2D eigenvalue weighted by Gasteiger charge is 2.08. The van der Waals surface area contributed by atoms with Gasteiger partial charge >= 0.3 is 0 Å². The van der Waals surface area contributed by atoms with E-state index in [1.807, 2.05) is 0 Å². The maximum Gasteiger partial charge on any atom is 0.250 e. The van der Waals surface area contributed by atoms with Gasteiger partial charge in [-0.15, -0.1) is 0 Å². The summed E-state index contributed by atoms with van der Waals surface area (Å²) in [5.74, 6) is -0.818. The number of para-hydroxylation sites is 1. The SMILES string of the molecule is NC(=O)c1cccc2ncc(O)nc12. The van der Waals surface area contributed by atoms with Crippen LogP contribution in [0.4, 0.5) is 0 Å². The van der Waals surface area contributed by atoms with Gasteiger partial charge in [-0.2, -0.15) is 0 Å². The van der Waals surface area contributed by atoms with Crippen molar-refractivity contribution in [2.45, 2.75) is 0 Å². The minimum Gasteiger partial charge on any atom is -0.492 e. The summed E-state index contributed by atoms with van der Waals surface area (Å²) in [6.07, 6.45) is 1.22. The molecule has 5 nitrogen and oxygen atoms in total. The van der Waals surface area contributed by atoms with Gasteiger partial charge in [0.25, 0.3) is 5.91 Å². The van der Waals surface area contributed by atoms with Gasteiger partial charge < -0.3 is 10.8 Å². The second-order valence-corrected chi connectivity index (χ2v) is 2.77.